The average Bonchev–Trinajstić information content (AvgIpc) is 3.05. The summed E-state index contributed by atoms with van der Waals surface area (Å²) in [6.45, 7) is 6.63. The van der Waals surface area contributed by atoms with Gasteiger partial charge in [0.1, 0.15) is 0 Å². The lowest BCUT2D eigenvalue weighted by atomic mass is 9.83. The van der Waals surface area contributed by atoms with Crippen molar-refractivity contribution >= 4 is 5.97 Å². The van der Waals surface area contributed by atoms with Gasteiger partial charge in [0.15, 0.2) is 0 Å². The van der Waals surface area contributed by atoms with Gasteiger partial charge in [-0.15, -0.1) is 0 Å². The number of piperazine rings is 1. The zero-order chi connectivity index (χ0) is 19.7. The fraction of sp³-hybridized carbons (Fsp3) is 0.667. The molecule has 7 nitrogen and oxygen atoms in total. The van der Waals surface area contributed by atoms with Gasteiger partial charge in [0.05, 0.1) is 24.3 Å². The maximum absolute atomic E-state index is 11.8. The molecular weight excluding hydrogens is 358 g/mol. The van der Waals surface area contributed by atoms with Crippen molar-refractivity contribution in [2.24, 2.45) is 0 Å². The van der Waals surface area contributed by atoms with Crippen LogP contribution in [0.15, 0.2) is 24.3 Å². The number of nitrogens with zero attached hydrogens (tertiary/aromatic N) is 3. The summed E-state index contributed by atoms with van der Waals surface area (Å²) in [5.41, 5.74) is 1.80. The predicted octanol–water partition coefficient (Wildman–Crippen LogP) is 0.161. The summed E-state index contributed by atoms with van der Waals surface area (Å²) in [4.78, 5) is 19.2. The van der Waals surface area contributed by atoms with Crippen molar-refractivity contribution in [3.63, 3.8) is 0 Å². The maximum Gasteiger partial charge on any atom is 0.337 e. The first kappa shape index (κ1) is 19.8. The monoisotopic (exact) mass is 389 g/mol. The number of carbonyl (C=O) groups excluding carboxylic acids is 1. The molecule has 2 unspecified atom stereocenters. The standard InChI is InChI=1S/C21H31N3O4/c1-28-20(27)17-5-2-4-16(8-17)10-23-14-21(15-23)13-22(6-3-7-25)11-18-9-19(26)12-24(18)21/h2,4-5,8,18-19,25-26H,3,6-7,9-15H2,1H3. The molecule has 0 amide bonds. The first-order chi connectivity index (χ1) is 13.5. The zero-order valence-corrected chi connectivity index (χ0v) is 16.6. The number of ether oxygens (including phenoxy) is 1. The molecule has 3 aliphatic rings. The van der Waals surface area contributed by atoms with Gasteiger partial charge in [-0.25, -0.2) is 4.79 Å². The molecule has 3 heterocycles. The molecule has 0 aromatic heterocycles. The van der Waals surface area contributed by atoms with Gasteiger partial charge < -0.3 is 14.9 Å². The van der Waals surface area contributed by atoms with Crippen LogP contribution in [-0.2, 0) is 11.3 Å². The lowest BCUT2D eigenvalue weighted by Gasteiger charge is -2.61. The van der Waals surface area contributed by atoms with E-state index in [4.69, 9.17) is 4.74 Å². The molecule has 0 aliphatic carbocycles. The van der Waals surface area contributed by atoms with Crippen LogP contribution in [0.5, 0.6) is 0 Å². The summed E-state index contributed by atoms with van der Waals surface area (Å²) >= 11 is 0. The predicted molar refractivity (Wildman–Crippen MR) is 105 cm³/mol. The quantitative estimate of drug-likeness (QED) is 0.671. The summed E-state index contributed by atoms with van der Waals surface area (Å²) < 4.78 is 4.82. The molecular formula is C21H31N3O4. The highest BCUT2D eigenvalue weighted by molar-refractivity contribution is 5.89. The number of aliphatic hydroxyl groups excluding tert-OH is 2. The van der Waals surface area contributed by atoms with E-state index in [1.807, 2.05) is 18.2 Å². The van der Waals surface area contributed by atoms with Gasteiger partial charge in [-0.3, -0.25) is 14.7 Å². The van der Waals surface area contributed by atoms with E-state index in [2.05, 4.69) is 14.7 Å². The second-order valence-electron chi connectivity index (χ2n) is 8.57. The highest BCUT2D eigenvalue weighted by atomic mass is 16.5. The second-order valence-corrected chi connectivity index (χ2v) is 8.57. The van der Waals surface area contributed by atoms with Crippen LogP contribution in [0.25, 0.3) is 0 Å². The molecule has 7 heteroatoms. The number of hydrogen-bond donors (Lipinski definition) is 2. The van der Waals surface area contributed by atoms with Crippen molar-refractivity contribution in [1.29, 1.82) is 0 Å². The van der Waals surface area contributed by atoms with E-state index in [1.165, 1.54) is 7.11 Å². The van der Waals surface area contributed by atoms with Crippen LogP contribution in [-0.4, -0.2) is 102 Å². The molecule has 154 valence electrons. The van der Waals surface area contributed by atoms with Crippen LogP contribution in [0.1, 0.15) is 28.8 Å². The molecule has 0 radical (unpaired) electrons. The van der Waals surface area contributed by atoms with Crippen molar-refractivity contribution in [2.45, 2.75) is 37.1 Å². The van der Waals surface area contributed by atoms with Crippen molar-refractivity contribution in [3.8, 4) is 0 Å². The van der Waals surface area contributed by atoms with Crippen LogP contribution in [0.3, 0.4) is 0 Å². The van der Waals surface area contributed by atoms with E-state index in [1.54, 1.807) is 6.07 Å². The Morgan fingerprint density at radius 1 is 1.25 bits per heavy atom. The fourth-order valence-electron chi connectivity index (χ4n) is 5.33. The summed E-state index contributed by atoms with van der Waals surface area (Å²) in [5, 5.41) is 19.4. The van der Waals surface area contributed by atoms with E-state index in [0.29, 0.717) is 11.6 Å². The van der Waals surface area contributed by atoms with Crippen LogP contribution >= 0.6 is 0 Å². The molecule has 0 saturated carbocycles. The first-order valence-electron chi connectivity index (χ1n) is 10.2. The molecule has 0 bridgehead atoms. The molecule has 1 spiro atoms. The Morgan fingerprint density at radius 2 is 2.04 bits per heavy atom. The molecule has 4 rings (SSSR count). The third kappa shape index (κ3) is 3.82. The number of β-amino-alcohol motifs (C(OH)–C–C–N with tert-alkyl or cyclic N) is 1. The van der Waals surface area contributed by atoms with Crippen molar-refractivity contribution in [1.82, 2.24) is 14.7 Å². The van der Waals surface area contributed by atoms with E-state index in [-0.39, 0.29) is 24.2 Å². The van der Waals surface area contributed by atoms with Crippen molar-refractivity contribution in [2.75, 3.05) is 53.0 Å². The number of fused-ring (bicyclic) bond motifs is 2. The Kier molecular flexibility index (Phi) is 5.71. The van der Waals surface area contributed by atoms with Crippen LogP contribution in [0.2, 0.25) is 0 Å². The smallest absolute Gasteiger partial charge is 0.337 e. The third-order valence-corrected chi connectivity index (χ3v) is 6.41. The van der Waals surface area contributed by atoms with Crippen LogP contribution in [0, 0.1) is 0 Å². The largest absolute Gasteiger partial charge is 0.465 e. The Labute approximate surface area is 166 Å². The van der Waals surface area contributed by atoms with E-state index in [0.717, 1.165) is 64.2 Å². The minimum Gasteiger partial charge on any atom is -0.465 e. The first-order valence-corrected chi connectivity index (χ1v) is 10.2. The van der Waals surface area contributed by atoms with Crippen LogP contribution in [0.4, 0.5) is 0 Å². The maximum atomic E-state index is 11.8. The van der Waals surface area contributed by atoms with Gasteiger partial charge >= 0.3 is 5.97 Å². The Hall–Kier alpha value is -1.51. The molecule has 3 aliphatic heterocycles. The van der Waals surface area contributed by atoms with E-state index >= 15 is 0 Å². The SMILES string of the molecule is COC(=O)c1cccc(CN2CC3(CN(CCCO)CC4CC(O)CN43)C2)c1. The normalized spacial score (nSPS) is 27.5. The third-order valence-electron chi connectivity index (χ3n) is 6.41. The molecule has 3 saturated heterocycles. The second kappa shape index (κ2) is 8.08. The summed E-state index contributed by atoms with van der Waals surface area (Å²) in [7, 11) is 1.40. The van der Waals surface area contributed by atoms with Gasteiger partial charge in [-0.2, -0.15) is 0 Å². The number of hydrogen-bond acceptors (Lipinski definition) is 7. The zero-order valence-electron chi connectivity index (χ0n) is 16.6. The number of esters is 1. The Bertz CT molecular complexity index is 707. The number of methoxy groups -OCH3 is 1. The van der Waals surface area contributed by atoms with Gasteiger partial charge in [0.2, 0.25) is 0 Å². The van der Waals surface area contributed by atoms with Gasteiger partial charge in [-0.1, -0.05) is 12.1 Å². The Morgan fingerprint density at radius 3 is 2.79 bits per heavy atom. The van der Waals surface area contributed by atoms with Gasteiger partial charge in [-0.05, 0) is 30.5 Å². The molecule has 28 heavy (non-hydrogen) atoms. The summed E-state index contributed by atoms with van der Waals surface area (Å²) in [5.74, 6) is -0.303. The average molecular weight is 389 g/mol. The summed E-state index contributed by atoms with van der Waals surface area (Å²) in [6.07, 6.45) is 1.42. The number of aliphatic hydroxyl groups is 2. The number of rotatable bonds is 6. The Balaban J connectivity index is 1.42. The minimum atomic E-state index is -0.303. The number of likely N-dealkylation sites (tertiary alicyclic amines) is 1. The minimum absolute atomic E-state index is 0.0931. The topological polar surface area (TPSA) is 76.5 Å². The molecule has 1 aromatic rings. The molecule has 1 aromatic carbocycles. The fourth-order valence-corrected chi connectivity index (χ4v) is 5.33. The van der Waals surface area contributed by atoms with E-state index in [9.17, 15) is 15.0 Å². The summed E-state index contributed by atoms with van der Waals surface area (Å²) in [6, 6.07) is 8.05. The van der Waals surface area contributed by atoms with Crippen LogP contribution < -0.4 is 0 Å². The van der Waals surface area contributed by atoms with E-state index < -0.39 is 0 Å². The lowest BCUT2D eigenvalue weighted by molar-refractivity contribution is -0.116. The number of benzene rings is 1. The highest BCUT2D eigenvalue weighted by Crippen LogP contribution is 2.39. The molecule has 2 atom stereocenters. The van der Waals surface area contributed by atoms with Crippen molar-refractivity contribution < 1.29 is 19.7 Å². The van der Waals surface area contributed by atoms with Gasteiger partial charge in [0.25, 0.3) is 0 Å². The van der Waals surface area contributed by atoms with Crippen molar-refractivity contribution in [3.05, 3.63) is 35.4 Å². The van der Waals surface area contributed by atoms with Gasteiger partial charge in [0, 0.05) is 58.5 Å². The lowest BCUT2D eigenvalue weighted by Crippen LogP contribution is -2.77. The molecule has 2 N–H and O–H groups in total. The molecule has 3 fully saturated rings. The highest BCUT2D eigenvalue weighted by Gasteiger charge is 2.55. The number of carbonyl (C=O) groups is 1.